The fourth-order valence-electron chi connectivity index (χ4n) is 2.98. The van der Waals surface area contributed by atoms with Crippen LogP contribution >= 0.6 is 0 Å². The molecule has 1 aromatic heterocycles. The van der Waals surface area contributed by atoms with Gasteiger partial charge in [-0.25, -0.2) is 4.98 Å². The van der Waals surface area contributed by atoms with E-state index in [0.29, 0.717) is 11.3 Å². The topological polar surface area (TPSA) is 129 Å². The Kier molecular flexibility index (Phi) is 6.20. The van der Waals surface area contributed by atoms with Gasteiger partial charge in [0, 0.05) is 5.56 Å². The maximum absolute atomic E-state index is 12.2. The Balaban J connectivity index is 1.72. The lowest BCUT2D eigenvalue weighted by Crippen LogP contribution is -2.30. The minimum absolute atomic E-state index is 0.104. The number of carbonyl (C=O) groups is 1. The highest BCUT2D eigenvalue weighted by atomic mass is 16.6. The summed E-state index contributed by atoms with van der Waals surface area (Å²) in [6.45, 7) is 0. The fraction of sp³-hybridized carbons (Fsp3) is 0.389. The lowest BCUT2D eigenvalue weighted by Gasteiger charge is -2.22. The molecule has 1 aromatic carbocycles. The largest absolute Gasteiger partial charge is 0.497 e. The van der Waals surface area contributed by atoms with Crippen LogP contribution in [0.25, 0.3) is 0 Å². The smallest absolute Gasteiger partial charge is 0.374 e. The van der Waals surface area contributed by atoms with Crippen molar-refractivity contribution in [2.24, 2.45) is 0 Å². The molecule has 148 valence electrons. The van der Waals surface area contributed by atoms with Gasteiger partial charge in [-0.15, -0.1) is 0 Å². The molecule has 1 fully saturated rings. The summed E-state index contributed by atoms with van der Waals surface area (Å²) in [5, 5.41) is 11.5. The van der Waals surface area contributed by atoms with Crippen molar-refractivity contribution in [3.05, 3.63) is 46.3 Å². The number of carbonyl (C=O) groups excluding carboxylic acids is 1. The van der Waals surface area contributed by atoms with Crippen LogP contribution < -0.4 is 20.3 Å². The third kappa shape index (κ3) is 4.64. The molecule has 1 heterocycles. The summed E-state index contributed by atoms with van der Waals surface area (Å²) in [6, 6.07) is 6.42. The Morgan fingerprint density at radius 2 is 1.89 bits per heavy atom. The van der Waals surface area contributed by atoms with Gasteiger partial charge in [0.05, 0.1) is 12.0 Å². The molecular formula is C18H21N5O5. The van der Waals surface area contributed by atoms with E-state index in [0.717, 1.165) is 38.4 Å². The fourth-order valence-corrected chi connectivity index (χ4v) is 2.98. The van der Waals surface area contributed by atoms with Crippen LogP contribution in [0, 0.1) is 10.1 Å². The van der Waals surface area contributed by atoms with Crippen LogP contribution in [-0.4, -0.2) is 34.0 Å². The Hall–Kier alpha value is -3.43. The van der Waals surface area contributed by atoms with E-state index in [-0.39, 0.29) is 17.8 Å². The van der Waals surface area contributed by atoms with Crippen molar-refractivity contribution >= 4 is 17.4 Å². The average molecular weight is 387 g/mol. The van der Waals surface area contributed by atoms with Gasteiger partial charge in [-0.3, -0.25) is 25.8 Å². The van der Waals surface area contributed by atoms with E-state index >= 15 is 0 Å². The first-order chi connectivity index (χ1) is 13.6. The number of methoxy groups -OCH3 is 1. The Labute approximate surface area is 161 Å². The second-order valence-corrected chi connectivity index (χ2v) is 6.32. The zero-order valence-electron chi connectivity index (χ0n) is 15.4. The third-order valence-corrected chi connectivity index (χ3v) is 4.45. The van der Waals surface area contributed by atoms with E-state index < -0.39 is 16.5 Å². The minimum atomic E-state index is -0.625. The number of nitro groups is 1. The Morgan fingerprint density at radius 1 is 1.18 bits per heavy atom. The SMILES string of the molecule is COc1ccc(C(=O)NNc2ncnc(OC3CCCCC3)c2[N+](=O)[O-])cc1. The number of aromatic nitrogens is 2. The minimum Gasteiger partial charge on any atom is -0.497 e. The zero-order valence-corrected chi connectivity index (χ0v) is 15.4. The molecule has 1 aliphatic rings. The second-order valence-electron chi connectivity index (χ2n) is 6.32. The van der Waals surface area contributed by atoms with E-state index in [9.17, 15) is 14.9 Å². The van der Waals surface area contributed by atoms with Crippen molar-refractivity contribution in [2.75, 3.05) is 12.5 Å². The molecule has 0 atom stereocenters. The maximum atomic E-state index is 12.2. The molecule has 2 N–H and O–H groups in total. The molecule has 1 saturated carbocycles. The van der Waals surface area contributed by atoms with Crippen LogP contribution in [-0.2, 0) is 0 Å². The molecule has 10 nitrogen and oxygen atoms in total. The first-order valence-corrected chi connectivity index (χ1v) is 8.95. The van der Waals surface area contributed by atoms with Crippen molar-refractivity contribution < 1.29 is 19.2 Å². The average Bonchev–Trinajstić information content (AvgIpc) is 2.72. The number of hydrogen-bond donors (Lipinski definition) is 2. The molecule has 0 unspecified atom stereocenters. The van der Waals surface area contributed by atoms with Crippen molar-refractivity contribution in [1.29, 1.82) is 0 Å². The van der Waals surface area contributed by atoms with E-state index in [2.05, 4.69) is 20.8 Å². The van der Waals surface area contributed by atoms with Gasteiger partial charge in [-0.05, 0) is 49.9 Å². The number of nitrogens with zero attached hydrogens (tertiary/aromatic N) is 3. The molecule has 1 amide bonds. The van der Waals surface area contributed by atoms with Crippen molar-refractivity contribution in [3.8, 4) is 11.6 Å². The number of rotatable bonds is 7. The highest BCUT2D eigenvalue weighted by molar-refractivity contribution is 5.95. The number of amides is 1. The molecule has 2 aromatic rings. The predicted octanol–water partition coefficient (Wildman–Crippen LogP) is 2.86. The van der Waals surface area contributed by atoms with Gasteiger partial charge in [-0.1, -0.05) is 6.42 Å². The molecule has 0 spiro atoms. The molecule has 0 aliphatic heterocycles. The summed E-state index contributed by atoms with van der Waals surface area (Å²) < 4.78 is 10.8. The molecule has 10 heteroatoms. The van der Waals surface area contributed by atoms with Crippen molar-refractivity contribution in [3.63, 3.8) is 0 Å². The number of ether oxygens (including phenoxy) is 2. The van der Waals surface area contributed by atoms with E-state index in [1.807, 2.05) is 0 Å². The first kappa shape index (κ1) is 19.3. The van der Waals surface area contributed by atoms with Crippen LogP contribution in [0.1, 0.15) is 42.5 Å². The molecule has 28 heavy (non-hydrogen) atoms. The first-order valence-electron chi connectivity index (χ1n) is 8.95. The number of anilines is 1. The zero-order chi connectivity index (χ0) is 19.9. The normalized spacial score (nSPS) is 14.2. The van der Waals surface area contributed by atoms with Crippen LogP contribution in [0.2, 0.25) is 0 Å². The summed E-state index contributed by atoms with van der Waals surface area (Å²) in [7, 11) is 1.53. The number of hydrazine groups is 1. The van der Waals surface area contributed by atoms with Crippen LogP contribution in [0.15, 0.2) is 30.6 Å². The van der Waals surface area contributed by atoms with Gasteiger partial charge in [0.1, 0.15) is 18.2 Å². The van der Waals surface area contributed by atoms with E-state index in [1.165, 1.54) is 7.11 Å². The molecule has 1 aliphatic carbocycles. The summed E-state index contributed by atoms with van der Waals surface area (Å²) in [5.41, 5.74) is 4.83. The Bertz CT molecular complexity index is 837. The number of benzene rings is 1. The highest BCUT2D eigenvalue weighted by Crippen LogP contribution is 2.33. The van der Waals surface area contributed by atoms with Gasteiger partial charge < -0.3 is 9.47 Å². The number of nitrogens with one attached hydrogen (secondary N) is 2. The van der Waals surface area contributed by atoms with Crippen LogP contribution in [0.4, 0.5) is 11.5 Å². The summed E-state index contributed by atoms with van der Waals surface area (Å²) in [5.74, 6) is -0.119. The molecule has 0 saturated heterocycles. The lowest BCUT2D eigenvalue weighted by molar-refractivity contribution is -0.385. The molecule has 3 rings (SSSR count). The van der Waals surface area contributed by atoms with E-state index in [4.69, 9.17) is 9.47 Å². The molecule has 0 radical (unpaired) electrons. The predicted molar refractivity (Wildman–Crippen MR) is 100 cm³/mol. The lowest BCUT2D eigenvalue weighted by atomic mass is 9.98. The summed E-state index contributed by atoms with van der Waals surface area (Å²) >= 11 is 0. The third-order valence-electron chi connectivity index (χ3n) is 4.45. The monoisotopic (exact) mass is 387 g/mol. The van der Waals surface area contributed by atoms with Crippen LogP contribution in [0.5, 0.6) is 11.6 Å². The van der Waals surface area contributed by atoms with Crippen molar-refractivity contribution in [2.45, 2.75) is 38.2 Å². The van der Waals surface area contributed by atoms with Gasteiger partial charge in [0.2, 0.25) is 5.82 Å². The summed E-state index contributed by atoms with van der Waals surface area (Å²) in [6.07, 6.45) is 5.89. The quantitative estimate of drug-likeness (QED) is 0.548. The summed E-state index contributed by atoms with van der Waals surface area (Å²) in [4.78, 5) is 31.0. The standard InChI is InChI=1S/C18H21N5O5/c1-27-13-9-7-12(8-10-13)17(24)22-21-16-15(23(25)26)18(20-11-19-16)28-14-5-3-2-4-6-14/h7-11,14H,2-6H2,1H3,(H,22,24)(H,19,20,21). The van der Waals surface area contributed by atoms with E-state index in [1.54, 1.807) is 24.3 Å². The maximum Gasteiger partial charge on any atom is 0.374 e. The van der Waals surface area contributed by atoms with Gasteiger partial charge in [0.25, 0.3) is 11.8 Å². The Morgan fingerprint density at radius 3 is 2.54 bits per heavy atom. The molecule has 0 bridgehead atoms. The highest BCUT2D eigenvalue weighted by Gasteiger charge is 2.27. The van der Waals surface area contributed by atoms with Gasteiger partial charge in [0.15, 0.2) is 0 Å². The second kappa shape index (κ2) is 8.98. The van der Waals surface area contributed by atoms with Crippen LogP contribution in [0.3, 0.4) is 0 Å². The molecular weight excluding hydrogens is 366 g/mol. The van der Waals surface area contributed by atoms with Crippen molar-refractivity contribution in [1.82, 2.24) is 15.4 Å². The van der Waals surface area contributed by atoms with Gasteiger partial charge in [-0.2, -0.15) is 4.98 Å². The number of hydrogen-bond acceptors (Lipinski definition) is 8. The van der Waals surface area contributed by atoms with Gasteiger partial charge >= 0.3 is 5.69 Å².